The molecule has 0 radical (unpaired) electrons. The molecule has 0 unspecified atom stereocenters. The van der Waals surface area contributed by atoms with Gasteiger partial charge in [0.15, 0.2) is 0 Å². The molecule has 4 heteroatoms. The van der Waals surface area contributed by atoms with E-state index >= 15 is 0 Å². The maximum atomic E-state index is 12.4. The van der Waals surface area contributed by atoms with Crippen LogP contribution < -0.4 is 5.32 Å². The Morgan fingerprint density at radius 2 is 1.83 bits per heavy atom. The molecule has 4 nitrogen and oxygen atoms in total. The number of nitrogens with one attached hydrogen (secondary N) is 1. The molecule has 2 aromatic carbocycles. The van der Waals surface area contributed by atoms with Crippen molar-refractivity contribution in [2.75, 3.05) is 0 Å². The molecule has 23 heavy (non-hydrogen) atoms. The predicted molar refractivity (Wildman–Crippen MR) is 86.6 cm³/mol. The molecular formula is C19H17NO3. The van der Waals surface area contributed by atoms with Crippen molar-refractivity contribution in [2.45, 2.75) is 31.8 Å². The number of carbonyl (C=O) groups is 2. The van der Waals surface area contributed by atoms with Gasteiger partial charge in [0, 0.05) is 12.3 Å². The average Bonchev–Trinajstić information content (AvgIpc) is 2.75. The molecule has 0 aromatic heterocycles. The van der Waals surface area contributed by atoms with Crippen molar-refractivity contribution in [1.82, 2.24) is 5.32 Å². The molecule has 0 bridgehead atoms. The summed E-state index contributed by atoms with van der Waals surface area (Å²) in [5.41, 5.74) is 1.41. The van der Waals surface area contributed by atoms with Gasteiger partial charge in [0.25, 0.3) is 0 Å². The van der Waals surface area contributed by atoms with Gasteiger partial charge >= 0.3 is 5.97 Å². The number of cyclic esters (lactones) is 1. The van der Waals surface area contributed by atoms with Gasteiger partial charge in [-0.2, -0.15) is 0 Å². The van der Waals surface area contributed by atoms with E-state index in [0.29, 0.717) is 11.3 Å². The van der Waals surface area contributed by atoms with E-state index in [1.165, 1.54) is 0 Å². The minimum absolute atomic E-state index is 0.0759. The van der Waals surface area contributed by atoms with Crippen molar-refractivity contribution in [3.63, 3.8) is 0 Å². The van der Waals surface area contributed by atoms with Crippen molar-refractivity contribution in [3.05, 3.63) is 59.3 Å². The zero-order chi connectivity index (χ0) is 16.2. The van der Waals surface area contributed by atoms with Crippen molar-refractivity contribution in [2.24, 2.45) is 0 Å². The average molecular weight is 307 g/mol. The summed E-state index contributed by atoms with van der Waals surface area (Å²) >= 11 is 0. The fourth-order valence-electron chi connectivity index (χ4n) is 3.60. The van der Waals surface area contributed by atoms with Gasteiger partial charge in [-0.15, -0.1) is 0 Å². The predicted octanol–water partition coefficient (Wildman–Crippen LogP) is 3.03. The molecule has 2 aromatic rings. The van der Waals surface area contributed by atoms with E-state index < -0.39 is 5.60 Å². The van der Waals surface area contributed by atoms with Crippen LogP contribution in [0.3, 0.4) is 0 Å². The van der Waals surface area contributed by atoms with Gasteiger partial charge in [0.05, 0.1) is 11.3 Å². The van der Waals surface area contributed by atoms with Crippen LogP contribution >= 0.6 is 0 Å². The summed E-state index contributed by atoms with van der Waals surface area (Å²) in [6.45, 7) is 3.61. The number of benzene rings is 2. The van der Waals surface area contributed by atoms with E-state index in [1.807, 2.05) is 42.5 Å². The van der Waals surface area contributed by atoms with Crippen LogP contribution in [0.1, 0.15) is 31.7 Å². The quantitative estimate of drug-likeness (QED) is 0.824. The molecule has 2 heterocycles. The van der Waals surface area contributed by atoms with E-state index in [-0.39, 0.29) is 24.2 Å². The summed E-state index contributed by atoms with van der Waals surface area (Å²) in [5.74, 6) is -0.671. The number of carbonyl (C=O) groups excluding carboxylic acids is 2. The maximum absolute atomic E-state index is 12.4. The molecule has 0 fully saturated rings. The second-order valence-corrected chi connectivity index (χ2v) is 6.56. The fourth-order valence-corrected chi connectivity index (χ4v) is 3.60. The molecule has 2 aliphatic heterocycles. The highest BCUT2D eigenvalue weighted by molar-refractivity contribution is 6.00. The number of esters is 1. The van der Waals surface area contributed by atoms with Gasteiger partial charge in [0.1, 0.15) is 5.60 Å². The summed E-state index contributed by atoms with van der Waals surface area (Å²) in [6, 6.07) is 14.0. The molecular weight excluding hydrogens is 290 g/mol. The van der Waals surface area contributed by atoms with Gasteiger partial charge in [0.2, 0.25) is 5.91 Å². The van der Waals surface area contributed by atoms with Crippen LogP contribution in [0.4, 0.5) is 0 Å². The molecule has 0 saturated heterocycles. The van der Waals surface area contributed by atoms with Crippen molar-refractivity contribution >= 4 is 22.6 Å². The minimum atomic E-state index is -0.786. The first kappa shape index (κ1) is 14.0. The van der Waals surface area contributed by atoms with E-state index in [9.17, 15) is 9.59 Å². The van der Waals surface area contributed by atoms with Gasteiger partial charge in [-0.3, -0.25) is 4.79 Å². The highest BCUT2D eigenvalue weighted by Crippen LogP contribution is 2.44. The first-order chi connectivity index (χ1) is 11.0. The molecule has 4 rings (SSSR count). The molecule has 1 atom stereocenters. The Morgan fingerprint density at radius 1 is 1.09 bits per heavy atom. The summed E-state index contributed by atoms with van der Waals surface area (Å²) in [4.78, 5) is 24.6. The van der Waals surface area contributed by atoms with E-state index in [2.05, 4.69) is 5.32 Å². The Morgan fingerprint density at radius 3 is 2.65 bits per heavy atom. The van der Waals surface area contributed by atoms with E-state index in [1.54, 1.807) is 13.8 Å². The van der Waals surface area contributed by atoms with Crippen LogP contribution in [0.15, 0.2) is 53.7 Å². The zero-order valence-corrected chi connectivity index (χ0v) is 13.1. The van der Waals surface area contributed by atoms with Crippen LogP contribution in [-0.2, 0) is 14.3 Å². The van der Waals surface area contributed by atoms with Crippen LogP contribution in [0.25, 0.3) is 10.8 Å². The molecule has 1 N–H and O–H groups in total. The zero-order valence-electron chi connectivity index (χ0n) is 13.1. The fraction of sp³-hybridized carbons (Fsp3) is 0.263. The second kappa shape index (κ2) is 4.69. The van der Waals surface area contributed by atoms with Gasteiger partial charge in [-0.05, 0) is 30.2 Å². The highest BCUT2D eigenvalue weighted by atomic mass is 16.6. The third kappa shape index (κ3) is 2.05. The largest absolute Gasteiger partial charge is 0.450 e. The van der Waals surface area contributed by atoms with Crippen LogP contribution in [0.5, 0.6) is 0 Å². The molecule has 2 aliphatic rings. The summed E-state index contributed by atoms with van der Waals surface area (Å²) < 4.78 is 5.48. The Kier molecular flexibility index (Phi) is 2.85. The van der Waals surface area contributed by atoms with Crippen molar-refractivity contribution in [3.8, 4) is 0 Å². The second-order valence-electron chi connectivity index (χ2n) is 6.56. The molecule has 116 valence electrons. The lowest BCUT2D eigenvalue weighted by atomic mass is 9.81. The smallest absolute Gasteiger partial charge is 0.337 e. The number of ether oxygens (including phenoxy) is 1. The van der Waals surface area contributed by atoms with Gasteiger partial charge in [-0.25, -0.2) is 4.79 Å². The molecule has 0 saturated carbocycles. The Balaban J connectivity index is 1.95. The van der Waals surface area contributed by atoms with Crippen molar-refractivity contribution < 1.29 is 14.3 Å². The normalized spacial score (nSPS) is 22.8. The number of hydrogen-bond donors (Lipinski definition) is 1. The molecule has 0 aliphatic carbocycles. The lowest BCUT2D eigenvalue weighted by Gasteiger charge is -2.27. The minimum Gasteiger partial charge on any atom is -0.450 e. The van der Waals surface area contributed by atoms with Gasteiger partial charge in [-0.1, -0.05) is 42.5 Å². The SMILES string of the molecule is CC1(C)OC(=O)C2=C1NC(=O)C[C@H]2c1cccc2ccccc12. The number of amides is 1. The summed E-state index contributed by atoms with van der Waals surface area (Å²) in [5, 5.41) is 5.01. The first-order valence-corrected chi connectivity index (χ1v) is 7.73. The maximum Gasteiger partial charge on any atom is 0.337 e. The highest BCUT2D eigenvalue weighted by Gasteiger charge is 2.47. The molecule has 1 amide bonds. The van der Waals surface area contributed by atoms with Crippen LogP contribution in [0.2, 0.25) is 0 Å². The topological polar surface area (TPSA) is 55.4 Å². The van der Waals surface area contributed by atoms with Crippen LogP contribution in [-0.4, -0.2) is 17.5 Å². The standard InChI is InChI=1S/C19H17NO3/c1-19(2)17-16(18(22)23-19)14(10-15(21)20-17)13-9-5-7-11-6-3-4-8-12(11)13/h3-9,14H,10H2,1-2H3,(H,20,21)/t14-/m0/s1. The number of rotatable bonds is 1. The van der Waals surface area contributed by atoms with E-state index in [4.69, 9.17) is 4.74 Å². The van der Waals surface area contributed by atoms with E-state index in [0.717, 1.165) is 16.3 Å². The lowest BCUT2D eigenvalue weighted by molar-refractivity contribution is -0.144. The van der Waals surface area contributed by atoms with Crippen molar-refractivity contribution in [1.29, 1.82) is 0 Å². The third-order valence-corrected chi connectivity index (χ3v) is 4.64. The number of fused-ring (bicyclic) bond motifs is 1. The summed E-state index contributed by atoms with van der Waals surface area (Å²) in [7, 11) is 0. The number of hydrogen-bond acceptors (Lipinski definition) is 3. The van der Waals surface area contributed by atoms with Crippen LogP contribution in [0, 0.1) is 0 Å². The third-order valence-electron chi connectivity index (χ3n) is 4.64. The summed E-state index contributed by atoms with van der Waals surface area (Å²) in [6.07, 6.45) is 0.262. The Labute approximate surface area is 134 Å². The first-order valence-electron chi connectivity index (χ1n) is 7.73. The Hall–Kier alpha value is -2.62. The van der Waals surface area contributed by atoms with Gasteiger partial charge < -0.3 is 10.1 Å². The Bertz CT molecular complexity index is 874. The lowest BCUT2D eigenvalue weighted by Crippen LogP contribution is -2.38. The monoisotopic (exact) mass is 307 g/mol. The molecule has 0 spiro atoms.